The summed E-state index contributed by atoms with van der Waals surface area (Å²) in [5, 5.41) is 18.2. The van der Waals surface area contributed by atoms with Crippen LogP contribution in [0, 0.1) is 0 Å². The van der Waals surface area contributed by atoms with Crippen LogP contribution in [0.15, 0.2) is 5.16 Å². The molecule has 0 unspecified atom stereocenters. The van der Waals surface area contributed by atoms with Crippen LogP contribution in [0.2, 0.25) is 0 Å². The Hall–Kier alpha value is -1.24. The van der Waals surface area contributed by atoms with E-state index in [1.54, 1.807) is 0 Å². The molecular weight excluding hydrogens is 276 g/mol. The summed E-state index contributed by atoms with van der Waals surface area (Å²) in [6.07, 6.45) is 7.19. The summed E-state index contributed by atoms with van der Waals surface area (Å²) in [5.74, 6) is 0.186. The van der Waals surface area contributed by atoms with E-state index in [9.17, 15) is 4.79 Å². The molecule has 2 aliphatic rings. The van der Waals surface area contributed by atoms with Gasteiger partial charge in [0.15, 0.2) is 5.16 Å². The van der Waals surface area contributed by atoms with Crippen LogP contribution in [0.4, 0.5) is 5.95 Å². The van der Waals surface area contributed by atoms with Crippen molar-refractivity contribution in [1.82, 2.24) is 14.8 Å². The van der Waals surface area contributed by atoms with Crippen molar-refractivity contribution in [3.05, 3.63) is 0 Å². The average molecular weight is 296 g/mol. The molecule has 1 saturated carbocycles. The minimum absolute atomic E-state index is 0.0465. The number of carboxylic acid groups (broad SMARTS) is 1. The Bertz CT molecular complexity index is 479. The number of aromatic nitrogens is 3. The number of aliphatic carboxylic acids is 1. The van der Waals surface area contributed by atoms with Crippen molar-refractivity contribution in [3.63, 3.8) is 0 Å². The predicted molar refractivity (Wildman–Crippen MR) is 77.3 cm³/mol. The lowest BCUT2D eigenvalue weighted by molar-refractivity contribution is -0.133. The third-order valence-electron chi connectivity index (χ3n) is 4.05. The molecule has 7 heteroatoms. The Balaban J connectivity index is 1.86. The zero-order valence-electron chi connectivity index (χ0n) is 11.5. The second-order valence-electron chi connectivity index (χ2n) is 5.47. The van der Waals surface area contributed by atoms with E-state index in [0.717, 1.165) is 37.0 Å². The fraction of sp³-hybridized carbons (Fsp3) is 0.769. The van der Waals surface area contributed by atoms with Crippen LogP contribution < -0.4 is 4.90 Å². The van der Waals surface area contributed by atoms with Gasteiger partial charge in [0.1, 0.15) is 0 Å². The van der Waals surface area contributed by atoms with Crippen molar-refractivity contribution in [3.8, 4) is 0 Å². The number of hydrogen-bond acceptors (Lipinski definition) is 5. The first-order chi connectivity index (χ1) is 9.75. The SMILES string of the molecule is O=C(O)CSc1nnc(N2CCCC2)n1C1CCCC1. The van der Waals surface area contributed by atoms with Gasteiger partial charge in [-0.15, -0.1) is 10.2 Å². The third-order valence-corrected chi connectivity index (χ3v) is 4.98. The summed E-state index contributed by atoms with van der Waals surface area (Å²) in [6, 6.07) is 0.442. The Kier molecular flexibility index (Phi) is 4.14. The highest BCUT2D eigenvalue weighted by Gasteiger charge is 2.28. The van der Waals surface area contributed by atoms with Crippen LogP contribution in [0.3, 0.4) is 0 Å². The van der Waals surface area contributed by atoms with Gasteiger partial charge in [-0.1, -0.05) is 24.6 Å². The van der Waals surface area contributed by atoms with Gasteiger partial charge in [-0.05, 0) is 25.7 Å². The molecule has 1 aromatic heterocycles. The molecule has 6 nitrogen and oxygen atoms in total. The summed E-state index contributed by atoms with van der Waals surface area (Å²) in [5.41, 5.74) is 0. The highest BCUT2D eigenvalue weighted by atomic mass is 32.2. The van der Waals surface area contributed by atoms with E-state index in [0.29, 0.717) is 6.04 Å². The fourth-order valence-electron chi connectivity index (χ4n) is 3.11. The minimum Gasteiger partial charge on any atom is -0.481 e. The Morgan fingerprint density at radius 2 is 1.90 bits per heavy atom. The molecule has 0 aromatic carbocycles. The average Bonchev–Trinajstić information content (AvgIpc) is 3.15. The molecule has 0 radical (unpaired) electrons. The molecule has 0 bridgehead atoms. The van der Waals surface area contributed by atoms with Crippen molar-refractivity contribution in [2.75, 3.05) is 23.7 Å². The molecule has 3 rings (SSSR count). The molecular formula is C13H20N4O2S. The molecule has 0 atom stereocenters. The van der Waals surface area contributed by atoms with Crippen LogP contribution >= 0.6 is 11.8 Å². The van der Waals surface area contributed by atoms with E-state index < -0.39 is 5.97 Å². The number of carboxylic acids is 1. The summed E-state index contributed by atoms with van der Waals surface area (Å²) < 4.78 is 2.20. The smallest absolute Gasteiger partial charge is 0.313 e. The van der Waals surface area contributed by atoms with Gasteiger partial charge in [-0.25, -0.2) is 0 Å². The largest absolute Gasteiger partial charge is 0.481 e. The second kappa shape index (κ2) is 6.03. The lowest BCUT2D eigenvalue weighted by Gasteiger charge is -2.22. The highest BCUT2D eigenvalue weighted by molar-refractivity contribution is 7.99. The molecule has 1 aliphatic carbocycles. The lowest BCUT2D eigenvalue weighted by Crippen LogP contribution is -2.23. The van der Waals surface area contributed by atoms with Gasteiger partial charge >= 0.3 is 5.97 Å². The first kappa shape index (κ1) is 13.7. The van der Waals surface area contributed by atoms with E-state index >= 15 is 0 Å². The monoisotopic (exact) mass is 296 g/mol. The Morgan fingerprint density at radius 3 is 2.55 bits per heavy atom. The maximum Gasteiger partial charge on any atom is 0.313 e. The van der Waals surface area contributed by atoms with E-state index in [2.05, 4.69) is 19.7 Å². The number of hydrogen-bond donors (Lipinski definition) is 1. The fourth-order valence-corrected chi connectivity index (χ4v) is 3.83. The Morgan fingerprint density at radius 1 is 1.20 bits per heavy atom. The number of thioether (sulfide) groups is 1. The van der Waals surface area contributed by atoms with Gasteiger partial charge in [0, 0.05) is 19.1 Å². The second-order valence-corrected chi connectivity index (χ2v) is 6.41. The van der Waals surface area contributed by atoms with Gasteiger partial charge < -0.3 is 10.0 Å². The standard InChI is InChI=1S/C13H20N4O2S/c18-11(19)9-20-13-15-14-12(16-7-3-4-8-16)17(13)10-5-1-2-6-10/h10H,1-9H2,(H,18,19). The van der Waals surface area contributed by atoms with Gasteiger partial charge in [0.05, 0.1) is 5.75 Å². The topological polar surface area (TPSA) is 71.2 Å². The van der Waals surface area contributed by atoms with E-state index in [1.165, 1.54) is 37.4 Å². The van der Waals surface area contributed by atoms with Crippen LogP contribution in [0.25, 0.3) is 0 Å². The maximum atomic E-state index is 10.8. The van der Waals surface area contributed by atoms with Gasteiger partial charge in [0.25, 0.3) is 0 Å². The molecule has 110 valence electrons. The van der Waals surface area contributed by atoms with E-state index in [1.807, 2.05) is 0 Å². The van der Waals surface area contributed by atoms with Crippen molar-refractivity contribution in [2.24, 2.45) is 0 Å². The lowest BCUT2D eigenvalue weighted by atomic mass is 10.2. The molecule has 0 spiro atoms. The zero-order chi connectivity index (χ0) is 13.9. The van der Waals surface area contributed by atoms with Crippen LogP contribution in [-0.2, 0) is 4.79 Å². The third kappa shape index (κ3) is 2.77. The first-order valence-corrected chi connectivity index (χ1v) is 8.28. The van der Waals surface area contributed by atoms with Crippen molar-refractivity contribution < 1.29 is 9.90 Å². The quantitative estimate of drug-likeness (QED) is 0.840. The van der Waals surface area contributed by atoms with Crippen LogP contribution in [0.5, 0.6) is 0 Å². The van der Waals surface area contributed by atoms with E-state index in [4.69, 9.17) is 5.11 Å². The predicted octanol–water partition coefficient (Wildman–Crippen LogP) is 2.17. The normalized spacial score (nSPS) is 19.9. The molecule has 2 heterocycles. The molecule has 0 amide bonds. The van der Waals surface area contributed by atoms with Crippen molar-refractivity contribution in [2.45, 2.75) is 49.7 Å². The number of anilines is 1. The molecule has 20 heavy (non-hydrogen) atoms. The minimum atomic E-state index is -0.807. The number of nitrogens with zero attached hydrogens (tertiary/aromatic N) is 4. The molecule has 1 saturated heterocycles. The highest BCUT2D eigenvalue weighted by Crippen LogP contribution is 2.36. The molecule has 2 fully saturated rings. The summed E-state index contributed by atoms with van der Waals surface area (Å²) in [7, 11) is 0. The summed E-state index contributed by atoms with van der Waals surface area (Å²) in [6.45, 7) is 2.07. The molecule has 1 aliphatic heterocycles. The van der Waals surface area contributed by atoms with Gasteiger partial charge in [-0.3, -0.25) is 9.36 Å². The number of rotatable bonds is 5. The number of carbonyl (C=O) groups is 1. The first-order valence-electron chi connectivity index (χ1n) is 7.30. The van der Waals surface area contributed by atoms with Crippen molar-refractivity contribution in [1.29, 1.82) is 0 Å². The van der Waals surface area contributed by atoms with Crippen LogP contribution in [-0.4, -0.2) is 44.7 Å². The van der Waals surface area contributed by atoms with Crippen molar-refractivity contribution >= 4 is 23.7 Å². The Labute approximate surface area is 122 Å². The van der Waals surface area contributed by atoms with E-state index in [-0.39, 0.29) is 5.75 Å². The van der Waals surface area contributed by atoms with Gasteiger partial charge in [0.2, 0.25) is 5.95 Å². The zero-order valence-corrected chi connectivity index (χ0v) is 12.3. The summed E-state index contributed by atoms with van der Waals surface area (Å²) >= 11 is 1.28. The summed E-state index contributed by atoms with van der Waals surface area (Å²) in [4.78, 5) is 13.1. The molecule has 1 N–H and O–H groups in total. The van der Waals surface area contributed by atoms with Gasteiger partial charge in [-0.2, -0.15) is 0 Å². The molecule has 1 aromatic rings. The van der Waals surface area contributed by atoms with Crippen LogP contribution in [0.1, 0.15) is 44.6 Å². The maximum absolute atomic E-state index is 10.8.